The van der Waals surface area contributed by atoms with Crippen molar-refractivity contribution >= 4 is 17.2 Å². The lowest BCUT2D eigenvalue weighted by atomic mass is 10.1. The maximum Gasteiger partial charge on any atom is 0.170 e. The van der Waals surface area contributed by atoms with Crippen LogP contribution in [0, 0.1) is 5.82 Å². The normalized spacial score (nSPS) is 11.8. The average Bonchev–Trinajstić information content (AvgIpc) is 2.97. The maximum atomic E-state index is 13.2. The molecule has 0 aliphatic rings. The molecule has 0 amide bonds. The zero-order chi connectivity index (χ0) is 14.4. The highest BCUT2D eigenvalue weighted by Crippen LogP contribution is 2.14. The summed E-state index contributed by atoms with van der Waals surface area (Å²) in [6.45, 7) is 0.852. The van der Waals surface area contributed by atoms with Crippen LogP contribution in [-0.2, 0) is 17.8 Å². The topological polar surface area (TPSA) is 67.8 Å². The summed E-state index contributed by atoms with van der Waals surface area (Å²) in [5.41, 5.74) is 6.56. The monoisotopic (exact) mass is 294 g/mol. The lowest BCUT2D eigenvalue weighted by Gasteiger charge is -2.09. The predicted molar refractivity (Wildman–Crippen MR) is 76.6 cm³/mol. The summed E-state index contributed by atoms with van der Waals surface area (Å²) in [6, 6.07) is 8.18. The van der Waals surface area contributed by atoms with Crippen LogP contribution in [0.2, 0.25) is 0 Å². The van der Waals surface area contributed by atoms with Crippen molar-refractivity contribution in [2.45, 2.75) is 13.0 Å². The second kappa shape index (κ2) is 7.02. The van der Waals surface area contributed by atoms with Crippen LogP contribution in [0.4, 0.5) is 4.39 Å². The van der Waals surface area contributed by atoms with Crippen LogP contribution < -0.4 is 5.73 Å². The summed E-state index contributed by atoms with van der Waals surface area (Å²) in [5.74, 6) is -0.560. The molecule has 3 N–H and O–H groups in total. The fraction of sp³-hybridized carbons (Fsp3) is 0.214. The molecular formula is C14H15FN2O2S. The molecule has 0 unspecified atom stereocenters. The quantitative estimate of drug-likeness (QED) is 0.283. The molecule has 20 heavy (non-hydrogen) atoms. The molecule has 4 nitrogen and oxygen atoms in total. The van der Waals surface area contributed by atoms with Crippen molar-refractivity contribution in [2.24, 2.45) is 10.9 Å². The third-order valence-electron chi connectivity index (χ3n) is 2.79. The number of ether oxygens (including phenoxy) is 1. The minimum atomic E-state index is -0.436. The van der Waals surface area contributed by atoms with Gasteiger partial charge in [-0.3, -0.25) is 0 Å². The molecule has 2 aromatic rings. The van der Waals surface area contributed by atoms with Gasteiger partial charge in [0.1, 0.15) is 5.82 Å². The largest absolute Gasteiger partial charge is 0.409 e. The Kier molecular flexibility index (Phi) is 5.09. The molecule has 0 aliphatic heterocycles. The lowest BCUT2D eigenvalue weighted by molar-refractivity contribution is 0.124. The molecule has 0 saturated heterocycles. The first-order valence-corrected chi connectivity index (χ1v) is 6.95. The van der Waals surface area contributed by atoms with E-state index >= 15 is 0 Å². The Labute approximate surface area is 120 Å². The fourth-order valence-corrected chi connectivity index (χ4v) is 2.47. The molecular weight excluding hydrogens is 279 g/mol. The Hall–Kier alpha value is -1.92. The van der Waals surface area contributed by atoms with Gasteiger partial charge in [-0.2, -0.15) is 0 Å². The van der Waals surface area contributed by atoms with E-state index in [0.29, 0.717) is 17.7 Å². The molecule has 0 fully saturated rings. The highest BCUT2D eigenvalue weighted by Gasteiger charge is 2.09. The van der Waals surface area contributed by atoms with Crippen LogP contribution in [0.15, 0.2) is 40.9 Å². The number of hydrogen-bond donors (Lipinski definition) is 2. The van der Waals surface area contributed by atoms with Gasteiger partial charge in [0.05, 0.1) is 13.2 Å². The molecule has 0 atom stereocenters. The van der Waals surface area contributed by atoms with E-state index in [1.807, 2.05) is 17.5 Å². The molecule has 1 heterocycles. The third kappa shape index (κ3) is 3.79. The minimum absolute atomic E-state index is 0.124. The van der Waals surface area contributed by atoms with E-state index in [9.17, 15) is 4.39 Å². The molecule has 0 bridgehead atoms. The van der Waals surface area contributed by atoms with Gasteiger partial charge >= 0.3 is 0 Å². The Morgan fingerprint density at radius 1 is 1.40 bits per heavy atom. The number of thiophene rings is 1. The first-order valence-electron chi connectivity index (χ1n) is 6.07. The van der Waals surface area contributed by atoms with Gasteiger partial charge in [0, 0.05) is 16.9 Å². The highest BCUT2D eigenvalue weighted by molar-refractivity contribution is 7.09. The number of hydrogen-bond acceptors (Lipinski definition) is 4. The first kappa shape index (κ1) is 14.5. The van der Waals surface area contributed by atoms with Crippen LogP contribution in [0.1, 0.15) is 16.0 Å². The lowest BCUT2D eigenvalue weighted by Crippen LogP contribution is -2.16. The van der Waals surface area contributed by atoms with E-state index in [1.54, 1.807) is 17.4 Å². The third-order valence-corrected chi connectivity index (χ3v) is 3.72. The van der Waals surface area contributed by atoms with E-state index < -0.39 is 5.82 Å². The number of oxime groups is 1. The Morgan fingerprint density at radius 2 is 2.25 bits per heavy atom. The predicted octanol–water partition coefficient (Wildman–Crippen LogP) is 2.74. The van der Waals surface area contributed by atoms with Crippen molar-refractivity contribution in [2.75, 3.05) is 6.61 Å². The number of nitrogens with two attached hydrogens (primary N) is 1. The van der Waals surface area contributed by atoms with Crippen LogP contribution in [0.25, 0.3) is 0 Å². The molecule has 106 valence electrons. The smallest absolute Gasteiger partial charge is 0.170 e. The molecule has 0 saturated carbocycles. The standard InChI is InChI=1S/C14H15FN2O2S/c15-11-4-3-10(13(8-11)14(16)17-18)9-19-6-5-12-2-1-7-20-12/h1-4,7-8,18H,5-6,9H2,(H2,16,17). The van der Waals surface area contributed by atoms with Gasteiger partial charge in [0.15, 0.2) is 5.84 Å². The van der Waals surface area contributed by atoms with Gasteiger partial charge in [0.2, 0.25) is 0 Å². The van der Waals surface area contributed by atoms with Crippen molar-refractivity contribution in [3.8, 4) is 0 Å². The first-order chi connectivity index (χ1) is 9.70. The van der Waals surface area contributed by atoms with Crippen LogP contribution in [0.3, 0.4) is 0 Å². The van der Waals surface area contributed by atoms with Gasteiger partial charge in [-0.25, -0.2) is 4.39 Å². The van der Waals surface area contributed by atoms with Gasteiger partial charge in [-0.15, -0.1) is 11.3 Å². The summed E-state index contributed by atoms with van der Waals surface area (Å²) in [7, 11) is 0. The van der Waals surface area contributed by atoms with Gasteiger partial charge < -0.3 is 15.7 Å². The van der Waals surface area contributed by atoms with Crippen molar-refractivity contribution < 1.29 is 14.3 Å². The Bertz CT molecular complexity index is 585. The van der Waals surface area contributed by atoms with Gasteiger partial charge in [0.25, 0.3) is 0 Å². The van der Waals surface area contributed by atoms with Crippen LogP contribution >= 0.6 is 11.3 Å². The summed E-state index contributed by atoms with van der Waals surface area (Å²) >= 11 is 1.68. The summed E-state index contributed by atoms with van der Waals surface area (Å²) < 4.78 is 18.7. The van der Waals surface area contributed by atoms with Crippen LogP contribution in [0.5, 0.6) is 0 Å². The Morgan fingerprint density at radius 3 is 2.95 bits per heavy atom. The number of rotatable bonds is 6. The fourth-order valence-electron chi connectivity index (χ4n) is 1.78. The molecule has 0 radical (unpaired) electrons. The average molecular weight is 294 g/mol. The number of amidine groups is 1. The minimum Gasteiger partial charge on any atom is -0.409 e. The zero-order valence-electron chi connectivity index (χ0n) is 10.8. The maximum absolute atomic E-state index is 13.2. The van der Waals surface area contributed by atoms with Crippen LogP contribution in [-0.4, -0.2) is 17.6 Å². The number of benzene rings is 1. The zero-order valence-corrected chi connectivity index (χ0v) is 11.6. The van der Waals surface area contributed by atoms with E-state index in [-0.39, 0.29) is 12.4 Å². The van der Waals surface area contributed by atoms with E-state index in [2.05, 4.69) is 5.16 Å². The number of nitrogens with zero attached hydrogens (tertiary/aromatic N) is 1. The van der Waals surface area contributed by atoms with E-state index in [1.165, 1.54) is 17.0 Å². The second-order valence-corrected chi connectivity index (χ2v) is 5.20. The Balaban J connectivity index is 1.95. The van der Waals surface area contributed by atoms with E-state index in [0.717, 1.165) is 6.42 Å². The summed E-state index contributed by atoms with van der Waals surface area (Å²) in [4.78, 5) is 1.25. The summed E-state index contributed by atoms with van der Waals surface area (Å²) in [6.07, 6.45) is 0.831. The van der Waals surface area contributed by atoms with E-state index in [4.69, 9.17) is 15.7 Å². The number of halogens is 1. The molecule has 1 aromatic carbocycles. The molecule has 1 aromatic heterocycles. The molecule has 6 heteroatoms. The van der Waals surface area contributed by atoms with Gasteiger partial charge in [-0.05, 0) is 29.1 Å². The molecule has 2 rings (SSSR count). The van der Waals surface area contributed by atoms with Gasteiger partial charge in [-0.1, -0.05) is 17.3 Å². The second-order valence-electron chi connectivity index (χ2n) is 4.17. The van der Waals surface area contributed by atoms with Crippen molar-refractivity contribution in [1.29, 1.82) is 0 Å². The van der Waals surface area contributed by atoms with Crippen molar-refractivity contribution in [3.05, 3.63) is 57.5 Å². The summed E-state index contributed by atoms with van der Waals surface area (Å²) in [5, 5.41) is 13.6. The molecule has 0 aliphatic carbocycles. The van der Waals surface area contributed by atoms with Crippen molar-refractivity contribution in [3.63, 3.8) is 0 Å². The SMILES string of the molecule is NC(=NO)c1cc(F)ccc1COCCc1cccs1. The van der Waals surface area contributed by atoms with Crippen molar-refractivity contribution in [1.82, 2.24) is 0 Å². The molecule has 0 spiro atoms. The highest BCUT2D eigenvalue weighted by atomic mass is 32.1.